The second kappa shape index (κ2) is 6.97. The summed E-state index contributed by atoms with van der Waals surface area (Å²) in [6, 6.07) is 13.4. The van der Waals surface area contributed by atoms with Crippen LogP contribution in [0, 0.1) is 0 Å². The molecule has 0 bridgehead atoms. The van der Waals surface area contributed by atoms with Crippen LogP contribution in [0.15, 0.2) is 61.1 Å². The molecule has 4 aromatic rings. The van der Waals surface area contributed by atoms with Gasteiger partial charge in [-0.15, -0.1) is 10.2 Å². The number of hydrogen-bond acceptors (Lipinski definition) is 6. The number of amides is 1. The van der Waals surface area contributed by atoms with Crippen molar-refractivity contribution in [2.45, 2.75) is 18.8 Å². The maximum Gasteiger partial charge on any atom is 0.261 e. The van der Waals surface area contributed by atoms with Crippen LogP contribution in [0.25, 0.3) is 16.9 Å². The minimum absolute atomic E-state index is 0.264. The van der Waals surface area contributed by atoms with Crippen LogP contribution in [0.3, 0.4) is 0 Å². The molecule has 1 N–H and O–H groups in total. The van der Waals surface area contributed by atoms with Crippen molar-refractivity contribution in [2.24, 2.45) is 0 Å². The number of nitrogens with one attached hydrogen (secondary N) is 1. The highest BCUT2D eigenvalue weighted by atomic mass is 32.1. The van der Waals surface area contributed by atoms with Crippen molar-refractivity contribution < 1.29 is 4.79 Å². The quantitative estimate of drug-likeness (QED) is 0.560. The highest BCUT2D eigenvalue weighted by molar-refractivity contribution is 7.15. The molecule has 0 unspecified atom stereocenters. The maximum absolute atomic E-state index is 13.0. The molecule has 28 heavy (non-hydrogen) atoms. The molecule has 7 nitrogen and oxygen atoms in total. The molecule has 0 spiro atoms. The van der Waals surface area contributed by atoms with Crippen molar-refractivity contribution >= 4 is 22.4 Å². The molecule has 1 fully saturated rings. The first-order chi connectivity index (χ1) is 13.8. The van der Waals surface area contributed by atoms with Gasteiger partial charge in [-0.05, 0) is 37.1 Å². The number of aromatic nitrogens is 5. The Morgan fingerprint density at radius 1 is 1.11 bits per heavy atom. The van der Waals surface area contributed by atoms with E-state index in [1.54, 1.807) is 23.3 Å². The van der Waals surface area contributed by atoms with Gasteiger partial charge < -0.3 is 0 Å². The fraction of sp³-hybridized carbons (Fsp3) is 0.150. The lowest BCUT2D eigenvalue weighted by Gasteiger charge is -2.01. The van der Waals surface area contributed by atoms with Crippen LogP contribution in [0.5, 0.6) is 0 Å². The molecule has 3 aromatic heterocycles. The largest absolute Gasteiger partial charge is 0.296 e. The molecule has 0 aliphatic heterocycles. The van der Waals surface area contributed by atoms with Crippen LogP contribution in [-0.2, 0) is 0 Å². The number of carbonyl (C=O) groups excluding carboxylic acids is 1. The Morgan fingerprint density at radius 2 is 1.96 bits per heavy atom. The van der Waals surface area contributed by atoms with Gasteiger partial charge in [-0.3, -0.25) is 15.1 Å². The van der Waals surface area contributed by atoms with E-state index in [4.69, 9.17) is 0 Å². The SMILES string of the molecule is O=C(Nc1nnc(C2CC2)s1)c1cn(-c2ccccc2)nc1-c1cccnc1. The van der Waals surface area contributed by atoms with E-state index >= 15 is 0 Å². The van der Waals surface area contributed by atoms with Gasteiger partial charge in [0.2, 0.25) is 5.13 Å². The standard InChI is InChI=1S/C20H16N6OS/c27-18(22-20-24-23-19(28-20)13-8-9-13)16-12-26(15-6-2-1-3-7-15)25-17(16)14-5-4-10-21-11-14/h1-7,10-13H,8-9H2,(H,22,24,27). The van der Waals surface area contributed by atoms with Crippen molar-refractivity contribution in [2.75, 3.05) is 5.32 Å². The van der Waals surface area contributed by atoms with Gasteiger partial charge >= 0.3 is 0 Å². The Bertz CT molecular complexity index is 1120. The summed E-state index contributed by atoms with van der Waals surface area (Å²) in [7, 11) is 0. The van der Waals surface area contributed by atoms with Crippen LogP contribution in [0.4, 0.5) is 5.13 Å². The molecule has 8 heteroatoms. The molecule has 5 rings (SSSR count). The third kappa shape index (κ3) is 3.29. The number of hydrogen-bond donors (Lipinski definition) is 1. The predicted molar refractivity (Wildman–Crippen MR) is 107 cm³/mol. The van der Waals surface area contributed by atoms with Crippen LogP contribution < -0.4 is 5.32 Å². The lowest BCUT2D eigenvalue weighted by Crippen LogP contribution is -2.12. The van der Waals surface area contributed by atoms with Gasteiger partial charge in [0, 0.05) is 30.1 Å². The number of carbonyl (C=O) groups is 1. The molecule has 1 aromatic carbocycles. The van der Waals surface area contributed by atoms with E-state index in [1.807, 2.05) is 42.5 Å². The Labute approximate surface area is 165 Å². The summed E-state index contributed by atoms with van der Waals surface area (Å²) in [6.45, 7) is 0. The van der Waals surface area contributed by atoms with Gasteiger partial charge in [0.15, 0.2) is 0 Å². The monoisotopic (exact) mass is 388 g/mol. The van der Waals surface area contributed by atoms with Crippen LogP contribution in [0.1, 0.15) is 34.1 Å². The van der Waals surface area contributed by atoms with Gasteiger partial charge in [0.25, 0.3) is 5.91 Å². The lowest BCUT2D eigenvalue weighted by atomic mass is 10.1. The van der Waals surface area contributed by atoms with Gasteiger partial charge in [-0.1, -0.05) is 29.5 Å². The van der Waals surface area contributed by atoms with Crippen molar-refractivity contribution in [1.29, 1.82) is 0 Å². The highest BCUT2D eigenvalue weighted by Crippen LogP contribution is 2.42. The predicted octanol–water partition coefficient (Wildman–Crippen LogP) is 3.92. The summed E-state index contributed by atoms with van der Waals surface area (Å²) in [5.74, 6) is 0.245. The third-order valence-corrected chi connectivity index (χ3v) is 5.50. The molecule has 1 amide bonds. The van der Waals surface area contributed by atoms with E-state index in [0.29, 0.717) is 22.3 Å². The molecule has 0 radical (unpaired) electrons. The second-order valence-electron chi connectivity index (χ2n) is 6.59. The number of anilines is 1. The maximum atomic E-state index is 13.0. The molecular weight excluding hydrogens is 372 g/mol. The average molecular weight is 388 g/mol. The summed E-state index contributed by atoms with van der Waals surface area (Å²) in [5.41, 5.74) is 2.68. The van der Waals surface area contributed by atoms with E-state index in [0.717, 1.165) is 29.1 Å². The van der Waals surface area contributed by atoms with Crippen LogP contribution in [0.2, 0.25) is 0 Å². The van der Waals surface area contributed by atoms with E-state index in [9.17, 15) is 4.79 Å². The van der Waals surface area contributed by atoms with Crippen molar-refractivity contribution in [3.8, 4) is 16.9 Å². The van der Waals surface area contributed by atoms with Gasteiger partial charge in [-0.2, -0.15) is 5.10 Å². The van der Waals surface area contributed by atoms with Crippen LogP contribution >= 0.6 is 11.3 Å². The Hall–Kier alpha value is -3.39. The zero-order valence-electron chi connectivity index (χ0n) is 14.8. The Kier molecular flexibility index (Phi) is 4.17. The third-order valence-electron chi connectivity index (χ3n) is 4.50. The fourth-order valence-electron chi connectivity index (χ4n) is 2.91. The summed E-state index contributed by atoms with van der Waals surface area (Å²) in [4.78, 5) is 17.2. The first-order valence-electron chi connectivity index (χ1n) is 8.98. The Morgan fingerprint density at radius 3 is 2.71 bits per heavy atom. The smallest absolute Gasteiger partial charge is 0.261 e. The van der Waals surface area contributed by atoms with E-state index in [2.05, 4.69) is 25.6 Å². The summed E-state index contributed by atoms with van der Waals surface area (Å²) in [5, 5.41) is 17.3. The van der Waals surface area contributed by atoms with E-state index in [1.165, 1.54) is 11.3 Å². The molecule has 138 valence electrons. The number of nitrogens with zero attached hydrogens (tertiary/aromatic N) is 5. The first-order valence-corrected chi connectivity index (χ1v) is 9.80. The molecule has 0 saturated heterocycles. The second-order valence-corrected chi connectivity index (χ2v) is 7.60. The topological polar surface area (TPSA) is 85.6 Å². The minimum atomic E-state index is -0.264. The van der Waals surface area contributed by atoms with Crippen molar-refractivity contribution in [3.63, 3.8) is 0 Å². The van der Waals surface area contributed by atoms with Gasteiger partial charge in [0.1, 0.15) is 10.7 Å². The number of pyridine rings is 1. The zero-order chi connectivity index (χ0) is 18.9. The number of para-hydroxylation sites is 1. The number of rotatable bonds is 5. The first kappa shape index (κ1) is 16.8. The molecule has 1 aliphatic rings. The van der Waals surface area contributed by atoms with Gasteiger partial charge in [-0.25, -0.2) is 4.68 Å². The van der Waals surface area contributed by atoms with Gasteiger partial charge in [0.05, 0.1) is 11.3 Å². The van der Waals surface area contributed by atoms with Crippen molar-refractivity contribution in [1.82, 2.24) is 25.0 Å². The molecule has 1 saturated carbocycles. The fourth-order valence-corrected chi connectivity index (χ4v) is 3.82. The Balaban J connectivity index is 1.50. The molecule has 1 aliphatic carbocycles. The summed E-state index contributed by atoms with van der Waals surface area (Å²) in [6.07, 6.45) is 7.42. The average Bonchev–Trinajstić information content (AvgIpc) is 3.32. The molecule has 0 atom stereocenters. The summed E-state index contributed by atoms with van der Waals surface area (Å²) < 4.78 is 1.70. The van der Waals surface area contributed by atoms with E-state index < -0.39 is 0 Å². The zero-order valence-corrected chi connectivity index (χ0v) is 15.6. The molecule has 3 heterocycles. The normalized spacial score (nSPS) is 13.4. The molecular formula is C20H16N6OS. The number of benzene rings is 1. The highest BCUT2D eigenvalue weighted by Gasteiger charge is 2.28. The summed E-state index contributed by atoms with van der Waals surface area (Å²) >= 11 is 1.44. The minimum Gasteiger partial charge on any atom is -0.296 e. The van der Waals surface area contributed by atoms with E-state index in [-0.39, 0.29) is 5.91 Å². The lowest BCUT2D eigenvalue weighted by molar-refractivity contribution is 0.102. The van der Waals surface area contributed by atoms with Crippen molar-refractivity contribution in [3.05, 3.63) is 71.6 Å². The van der Waals surface area contributed by atoms with Crippen LogP contribution in [-0.4, -0.2) is 30.9 Å².